The highest BCUT2D eigenvalue weighted by Gasteiger charge is 2.25. The molecule has 4 rings (SSSR count). The van der Waals surface area contributed by atoms with Gasteiger partial charge >= 0.3 is 0 Å². The van der Waals surface area contributed by atoms with Gasteiger partial charge in [-0.15, -0.1) is 4.40 Å². The summed E-state index contributed by atoms with van der Waals surface area (Å²) in [5.41, 5.74) is 1.50. The fraction of sp³-hybridized carbons (Fsp3) is 0.200. The minimum absolute atomic E-state index is 0.0523. The Kier molecular flexibility index (Phi) is 4.31. The van der Waals surface area contributed by atoms with Gasteiger partial charge in [0.15, 0.2) is 0 Å². The molecule has 138 valence electrons. The van der Waals surface area contributed by atoms with Crippen LogP contribution in [0, 0.1) is 0 Å². The number of hydrogen-bond donors (Lipinski definition) is 1. The maximum atomic E-state index is 12.6. The lowest BCUT2D eigenvalue weighted by atomic mass is 10.0. The normalized spacial score (nSPS) is 19.1. The number of amides is 1. The van der Waals surface area contributed by atoms with Crippen molar-refractivity contribution >= 4 is 32.5 Å². The van der Waals surface area contributed by atoms with Crippen molar-refractivity contribution < 1.29 is 13.2 Å². The van der Waals surface area contributed by atoms with Gasteiger partial charge in [0, 0.05) is 12.7 Å². The van der Waals surface area contributed by atoms with Crippen molar-refractivity contribution in [1.29, 1.82) is 0 Å². The number of hydrogen-bond acceptors (Lipinski definition) is 4. The highest BCUT2D eigenvalue weighted by Crippen LogP contribution is 2.21. The van der Waals surface area contributed by atoms with E-state index < -0.39 is 10.0 Å². The third-order valence-electron chi connectivity index (χ3n) is 4.71. The topological polar surface area (TPSA) is 78.8 Å². The van der Waals surface area contributed by atoms with Gasteiger partial charge in [-0.3, -0.25) is 4.79 Å². The van der Waals surface area contributed by atoms with Gasteiger partial charge in [-0.05, 0) is 41.5 Å². The molecule has 1 N–H and O–H groups in total. The number of nitrogens with one attached hydrogen (secondary N) is 1. The first kappa shape index (κ1) is 17.5. The Balaban J connectivity index is 1.50. The highest BCUT2D eigenvalue weighted by molar-refractivity contribution is 7.90. The van der Waals surface area contributed by atoms with Gasteiger partial charge in [-0.25, -0.2) is 8.42 Å². The van der Waals surface area contributed by atoms with E-state index in [1.54, 1.807) is 23.3 Å². The van der Waals surface area contributed by atoms with Crippen LogP contribution in [0.15, 0.2) is 70.8 Å². The van der Waals surface area contributed by atoms with E-state index in [9.17, 15) is 13.2 Å². The zero-order valence-corrected chi connectivity index (χ0v) is 15.6. The molecule has 0 saturated heterocycles. The van der Waals surface area contributed by atoms with Crippen LogP contribution in [-0.2, 0) is 14.8 Å². The van der Waals surface area contributed by atoms with Crippen LogP contribution in [0.4, 0.5) is 0 Å². The van der Waals surface area contributed by atoms with E-state index in [0.717, 1.165) is 16.3 Å². The van der Waals surface area contributed by atoms with Gasteiger partial charge in [-0.1, -0.05) is 36.4 Å². The number of carbonyl (C=O) groups excluding carboxylic acids is 1. The quantitative estimate of drug-likeness (QED) is 0.886. The number of nitrogens with zero attached hydrogens (tertiary/aromatic N) is 2. The van der Waals surface area contributed by atoms with Crippen LogP contribution in [0.5, 0.6) is 0 Å². The molecule has 27 heavy (non-hydrogen) atoms. The van der Waals surface area contributed by atoms with Gasteiger partial charge in [0.05, 0.1) is 17.4 Å². The molecule has 2 heterocycles. The molecule has 2 aliphatic heterocycles. The van der Waals surface area contributed by atoms with Crippen molar-refractivity contribution in [1.82, 2.24) is 10.2 Å². The van der Waals surface area contributed by atoms with Crippen molar-refractivity contribution in [3.05, 3.63) is 72.0 Å². The summed E-state index contributed by atoms with van der Waals surface area (Å²) in [6.45, 7) is 2.23. The third-order valence-corrected chi connectivity index (χ3v) is 5.87. The van der Waals surface area contributed by atoms with E-state index in [-0.39, 0.29) is 17.7 Å². The lowest BCUT2D eigenvalue weighted by Gasteiger charge is -2.27. The van der Waals surface area contributed by atoms with Crippen LogP contribution in [0.25, 0.3) is 10.8 Å². The Morgan fingerprint density at radius 3 is 2.74 bits per heavy atom. The fourth-order valence-electron chi connectivity index (χ4n) is 3.18. The van der Waals surface area contributed by atoms with Crippen molar-refractivity contribution in [2.24, 2.45) is 4.40 Å². The second kappa shape index (κ2) is 6.66. The number of carbonyl (C=O) groups is 1. The summed E-state index contributed by atoms with van der Waals surface area (Å²) in [5, 5.41) is 5.28. The van der Waals surface area contributed by atoms with Gasteiger partial charge in [-0.2, -0.15) is 0 Å². The summed E-state index contributed by atoms with van der Waals surface area (Å²) in [4.78, 5) is 14.3. The van der Waals surface area contributed by atoms with Crippen molar-refractivity contribution in [2.75, 3.05) is 12.3 Å². The fourth-order valence-corrected chi connectivity index (χ4v) is 4.15. The smallest absolute Gasteiger partial charge is 0.256 e. The second-order valence-electron chi connectivity index (χ2n) is 6.65. The molecule has 0 aliphatic carbocycles. The van der Waals surface area contributed by atoms with E-state index in [0.29, 0.717) is 18.0 Å². The molecule has 0 bridgehead atoms. The largest absolute Gasteiger partial charge is 0.345 e. The molecule has 0 aromatic heterocycles. The summed E-state index contributed by atoms with van der Waals surface area (Å²) in [6, 6.07) is 14.1. The maximum absolute atomic E-state index is 12.6. The first-order chi connectivity index (χ1) is 12.9. The first-order valence-electron chi connectivity index (χ1n) is 8.70. The molecule has 0 radical (unpaired) electrons. The van der Waals surface area contributed by atoms with Crippen LogP contribution < -0.4 is 5.32 Å². The molecule has 0 fully saturated rings. The van der Waals surface area contributed by atoms with Gasteiger partial charge in [0.1, 0.15) is 5.84 Å². The number of fused-ring (bicyclic) bond motifs is 2. The van der Waals surface area contributed by atoms with E-state index >= 15 is 0 Å². The minimum Gasteiger partial charge on any atom is -0.345 e. The predicted octanol–water partition coefficient (Wildman–Crippen LogP) is 2.51. The Labute approximate surface area is 157 Å². The average molecular weight is 381 g/mol. The number of amidine groups is 1. The molecule has 0 saturated carbocycles. The zero-order valence-electron chi connectivity index (χ0n) is 14.8. The van der Waals surface area contributed by atoms with E-state index in [4.69, 9.17) is 0 Å². The van der Waals surface area contributed by atoms with Gasteiger partial charge in [0.25, 0.3) is 15.9 Å². The van der Waals surface area contributed by atoms with Crippen molar-refractivity contribution in [3.63, 3.8) is 0 Å². The molecule has 2 aliphatic rings. The summed E-state index contributed by atoms with van der Waals surface area (Å²) < 4.78 is 26.9. The summed E-state index contributed by atoms with van der Waals surface area (Å²) in [7, 11) is -3.40. The van der Waals surface area contributed by atoms with Gasteiger partial charge < -0.3 is 10.2 Å². The zero-order chi connectivity index (χ0) is 19.0. The number of rotatable bonds is 3. The second-order valence-corrected chi connectivity index (χ2v) is 8.40. The van der Waals surface area contributed by atoms with E-state index in [1.807, 2.05) is 37.3 Å². The van der Waals surface area contributed by atoms with Crippen LogP contribution in [0.3, 0.4) is 0 Å². The number of sulfonamides is 1. The Morgan fingerprint density at radius 1 is 1.15 bits per heavy atom. The Morgan fingerprint density at radius 2 is 1.93 bits per heavy atom. The first-order valence-corrected chi connectivity index (χ1v) is 10.3. The molecule has 7 heteroatoms. The third kappa shape index (κ3) is 3.64. The van der Waals surface area contributed by atoms with Crippen molar-refractivity contribution in [3.8, 4) is 0 Å². The lowest BCUT2D eigenvalue weighted by molar-refractivity contribution is -0.117. The molecule has 0 unspecified atom stereocenters. The standard InChI is InChI=1S/C20H19N3O3S/c1-14(16-7-6-15-4-2-3-5-17(15)12-16)21-20(24)18-8-9-19-22-27(25,26)11-10-23(19)13-18/h2-9,12-14H,10-11H2,1H3,(H,21,24)/t14-/m1/s1. The number of benzene rings is 2. The van der Waals surface area contributed by atoms with Crippen LogP contribution >= 0.6 is 0 Å². The van der Waals surface area contributed by atoms with E-state index in [2.05, 4.69) is 21.8 Å². The Bertz CT molecular complexity index is 1120. The Hall–Kier alpha value is -2.93. The van der Waals surface area contributed by atoms with E-state index in [1.165, 1.54) is 0 Å². The summed E-state index contributed by atoms with van der Waals surface area (Å²) >= 11 is 0. The molecular weight excluding hydrogens is 362 g/mol. The van der Waals surface area contributed by atoms with Crippen LogP contribution in [0.2, 0.25) is 0 Å². The molecule has 2 aromatic carbocycles. The average Bonchev–Trinajstić information content (AvgIpc) is 2.66. The molecule has 6 nitrogen and oxygen atoms in total. The highest BCUT2D eigenvalue weighted by atomic mass is 32.2. The lowest BCUT2D eigenvalue weighted by Crippen LogP contribution is -2.38. The summed E-state index contributed by atoms with van der Waals surface area (Å²) in [5.74, 6) is 0.0863. The maximum Gasteiger partial charge on any atom is 0.256 e. The monoisotopic (exact) mass is 381 g/mol. The van der Waals surface area contributed by atoms with Gasteiger partial charge in [0.2, 0.25) is 0 Å². The molecule has 0 spiro atoms. The predicted molar refractivity (Wildman–Crippen MR) is 106 cm³/mol. The van der Waals surface area contributed by atoms with Crippen LogP contribution in [0.1, 0.15) is 18.5 Å². The minimum atomic E-state index is -3.40. The summed E-state index contributed by atoms with van der Waals surface area (Å²) in [6.07, 6.45) is 4.81. The van der Waals surface area contributed by atoms with Crippen molar-refractivity contribution in [2.45, 2.75) is 13.0 Å². The molecular formula is C20H19N3O3S. The molecule has 1 amide bonds. The SMILES string of the molecule is C[C@@H](NC(=O)C1=CN2CCS(=O)(=O)N=C2C=C1)c1ccc2ccccc2c1. The molecule has 1 atom stereocenters. The molecule has 2 aromatic rings. The van der Waals surface area contributed by atoms with Crippen LogP contribution in [-0.4, -0.2) is 37.4 Å².